The lowest BCUT2D eigenvalue weighted by atomic mass is 10.0. The number of esters is 2. The standard InChI is InChI=1S/C52H62ClN5O10/c1-50(2,3)66-43(59)24-22-38(45(61)54-26-25-32-15-11-10-12-16-32)55-47(63)40(31-44(60)67-51(4,5)6)56-46(62)39(28-33-19-20-34-17-13-14-18-35(34)27-33)57-48(64)42-30-36-29-37(53)21-23-41(36)58(42)49(65)68-52(7,8)9/h10-21,23,27,29-30,38-40H,22,24-26,28,31H2,1-9H3,(H,54,61)(H,55,63)(H,56,62)(H,57,64)/t38-,39-,40-/m0/s1. The van der Waals surface area contributed by atoms with E-state index in [0.29, 0.717) is 27.9 Å². The number of rotatable bonds is 17. The Morgan fingerprint density at radius 2 is 1.18 bits per heavy atom. The molecular formula is C52H62ClN5O10. The molecule has 4 aromatic carbocycles. The van der Waals surface area contributed by atoms with Gasteiger partial charge in [-0.25, -0.2) is 9.36 Å². The second-order valence-electron chi connectivity index (χ2n) is 19.5. The first-order valence-corrected chi connectivity index (χ1v) is 22.9. The smallest absolute Gasteiger partial charge is 0.419 e. The first-order valence-electron chi connectivity index (χ1n) is 22.5. The van der Waals surface area contributed by atoms with Crippen molar-refractivity contribution < 1.29 is 47.8 Å². The number of hydrogen-bond donors (Lipinski definition) is 4. The van der Waals surface area contributed by atoms with Crippen molar-refractivity contribution in [3.63, 3.8) is 0 Å². The van der Waals surface area contributed by atoms with Gasteiger partial charge in [-0.2, -0.15) is 0 Å². The van der Waals surface area contributed by atoms with Crippen molar-refractivity contribution in [2.24, 2.45) is 0 Å². The van der Waals surface area contributed by atoms with E-state index in [0.717, 1.165) is 20.9 Å². The molecule has 3 atom stereocenters. The molecule has 0 bridgehead atoms. The van der Waals surface area contributed by atoms with Crippen LogP contribution in [0.5, 0.6) is 0 Å². The molecule has 0 spiro atoms. The lowest BCUT2D eigenvalue weighted by molar-refractivity contribution is -0.156. The summed E-state index contributed by atoms with van der Waals surface area (Å²) in [6.45, 7) is 15.3. The maximum absolute atomic E-state index is 14.7. The van der Waals surface area contributed by atoms with Crippen molar-refractivity contribution in [1.29, 1.82) is 0 Å². The Labute approximate surface area is 402 Å². The maximum atomic E-state index is 14.7. The summed E-state index contributed by atoms with van der Waals surface area (Å²) in [7, 11) is 0. The van der Waals surface area contributed by atoms with Crippen LogP contribution in [0.1, 0.15) is 103 Å². The number of carbonyl (C=O) groups excluding carboxylic acids is 7. The molecule has 68 heavy (non-hydrogen) atoms. The summed E-state index contributed by atoms with van der Waals surface area (Å²) in [4.78, 5) is 97.4. The van der Waals surface area contributed by atoms with Gasteiger partial charge in [-0.3, -0.25) is 28.8 Å². The zero-order chi connectivity index (χ0) is 50.0. The first-order chi connectivity index (χ1) is 31.8. The predicted octanol–water partition coefficient (Wildman–Crippen LogP) is 7.75. The molecule has 16 heteroatoms. The van der Waals surface area contributed by atoms with Gasteiger partial charge in [-0.1, -0.05) is 84.4 Å². The van der Waals surface area contributed by atoms with Crippen LogP contribution in [0, 0.1) is 0 Å². The van der Waals surface area contributed by atoms with Crippen LogP contribution in [0.2, 0.25) is 5.02 Å². The topological polar surface area (TPSA) is 200 Å². The van der Waals surface area contributed by atoms with E-state index in [2.05, 4.69) is 21.3 Å². The molecule has 362 valence electrons. The fourth-order valence-electron chi connectivity index (χ4n) is 7.23. The lowest BCUT2D eigenvalue weighted by Crippen LogP contribution is -2.58. The molecule has 1 heterocycles. The van der Waals surface area contributed by atoms with E-state index in [1.54, 1.807) is 86.6 Å². The van der Waals surface area contributed by atoms with Crippen LogP contribution in [0.4, 0.5) is 4.79 Å². The average Bonchev–Trinajstić information content (AvgIpc) is 3.62. The van der Waals surface area contributed by atoms with Gasteiger partial charge in [0.05, 0.1) is 11.9 Å². The summed E-state index contributed by atoms with van der Waals surface area (Å²) < 4.78 is 17.8. The van der Waals surface area contributed by atoms with Crippen LogP contribution in [0.25, 0.3) is 21.7 Å². The van der Waals surface area contributed by atoms with Crippen LogP contribution in [0.15, 0.2) is 97.1 Å². The van der Waals surface area contributed by atoms with Gasteiger partial charge in [0.25, 0.3) is 5.91 Å². The normalized spacial score (nSPS) is 13.1. The highest BCUT2D eigenvalue weighted by molar-refractivity contribution is 6.31. The summed E-state index contributed by atoms with van der Waals surface area (Å²) in [6.07, 6.45) is -1.58. The molecule has 15 nitrogen and oxygen atoms in total. The molecule has 0 aliphatic rings. The predicted molar refractivity (Wildman–Crippen MR) is 260 cm³/mol. The van der Waals surface area contributed by atoms with Gasteiger partial charge < -0.3 is 35.5 Å². The number of halogens is 1. The molecule has 0 saturated heterocycles. The second-order valence-corrected chi connectivity index (χ2v) is 20.0. The zero-order valence-corrected chi connectivity index (χ0v) is 40.9. The summed E-state index contributed by atoms with van der Waals surface area (Å²) in [5.41, 5.74) is -0.969. The minimum atomic E-state index is -1.65. The van der Waals surface area contributed by atoms with E-state index in [-0.39, 0.29) is 31.5 Å². The Kier molecular flexibility index (Phi) is 17.2. The molecule has 5 aromatic rings. The highest BCUT2D eigenvalue weighted by Crippen LogP contribution is 2.26. The van der Waals surface area contributed by atoms with Crippen molar-refractivity contribution in [1.82, 2.24) is 25.8 Å². The number of ether oxygens (including phenoxy) is 3. The van der Waals surface area contributed by atoms with Crippen LogP contribution in [-0.2, 0) is 51.0 Å². The fourth-order valence-corrected chi connectivity index (χ4v) is 7.41. The molecule has 0 saturated carbocycles. The Balaban J connectivity index is 1.49. The van der Waals surface area contributed by atoms with Gasteiger partial charge in [0.1, 0.15) is 40.6 Å². The number of nitrogens with zero attached hydrogens (tertiary/aromatic N) is 1. The van der Waals surface area contributed by atoms with Crippen molar-refractivity contribution >= 4 is 74.9 Å². The minimum absolute atomic E-state index is 0.107. The summed E-state index contributed by atoms with van der Waals surface area (Å²) in [5.74, 6) is -4.71. The highest BCUT2D eigenvalue weighted by Gasteiger charge is 2.34. The molecule has 0 unspecified atom stereocenters. The Bertz CT molecular complexity index is 2640. The molecule has 0 aliphatic carbocycles. The van der Waals surface area contributed by atoms with Crippen molar-refractivity contribution in [2.75, 3.05) is 6.54 Å². The number of carbonyl (C=O) groups is 7. The third-order valence-electron chi connectivity index (χ3n) is 10.1. The van der Waals surface area contributed by atoms with Gasteiger partial charge >= 0.3 is 18.0 Å². The molecule has 4 amide bonds. The Hall–Kier alpha value is -6.74. The van der Waals surface area contributed by atoms with Crippen molar-refractivity contribution in [2.45, 2.75) is 129 Å². The number of nitrogens with one attached hydrogen (secondary N) is 4. The molecule has 4 N–H and O–H groups in total. The first kappa shape index (κ1) is 52.2. The SMILES string of the molecule is CC(C)(C)OC(=O)CC[C@H](NC(=O)[C@H](CC(=O)OC(C)(C)C)NC(=O)[C@H](Cc1ccc2ccccc2c1)NC(=O)c1cc2cc(Cl)ccc2n1C(=O)OC(C)(C)C)C(=O)NCCc1ccccc1. The fraction of sp³-hybridized carbons (Fsp3) is 0.404. The zero-order valence-electron chi connectivity index (χ0n) is 40.1. The van der Waals surface area contributed by atoms with E-state index in [9.17, 15) is 33.6 Å². The van der Waals surface area contributed by atoms with E-state index >= 15 is 0 Å². The Morgan fingerprint density at radius 1 is 0.574 bits per heavy atom. The van der Waals surface area contributed by atoms with Crippen LogP contribution >= 0.6 is 11.6 Å². The van der Waals surface area contributed by atoms with Crippen LogP contribution in [-0.4, -0.2) is 87.7 Å². The number of fused-ring (bicyclic) bond motifs is 2. The van der Waals surface area contributed by atoms with E-state index < -0.39 is 83.0 Å². The van der Waals surface area contributed by atoms with Crippen LogP contribution in [0.3, 0.4) is 0 Å². The van der Waals surface area contributed by atoms with Gasteiger partial charge in [-0.05, 0) is 121 Å². The molecular weight excluding hydrogens is 890 g/mol. The molecule has 0 fully saturated rings. The van der Waals surface area contributed by atoms with Crippen LogP contribution < -0.4 is 21.3 Å². The van der Waals surface area contributed by atoms with Crippen molar-refractivity contribution in [3.05, 3.63) is 119 Å². The minimum Gasteiger partial charge on any atom is -0.460 e. The van der Waals surface area contributed by atoms with Gasteiger partial charge in [0, 0.05) is 29.8 Å². The number of benzene rings is 4. The lowest BCUT2D eigenvalue weighted by Gasteiger charge is -2.27. The molecule has 5 rings (SSSR count). The van der Waals surface area contributed by atoms with E-state index in [1.165, 1.54) is 6.07 Å². The summed E-state index contributed by atoms with van der Waals surface area (Å²) >= 11 is 6.31. The largest absolute Gasteiger partial charge is 0.460 e. The number of amides is 4. The number of aromatic nitrogens is 1. The summed E-state index contributed by atoms with van der Waals surface area (Å²) in [5, 5.41) is 13.5. The Morgan fingerprint density at radius 3 is 1.84 bits per heavy atom. The van der Waals surface area contributed by atoms with Gasteiger partial charge in [0.2, 0.25) is 17.7 Å². The average molecular weight is 953 g/mol. The van der Waals surface area contributed by atoms with E-state index in [4.69, 9.17) is 25.8 Å². The summed E-state index contributed by atoms with van der Waals surface area (Å²) in [6, 6.07) is 24.3. The highest BCUT2D eigenvalue weighted by atomic mass is 35.5. The molecule has 1 aromatic heterocycles. The third kappa shape index (κ3) is 16.0. The quantitative estimate of drug-likeness (QED) is 0.0528. The van der Waals surface area contributed by atoms with E-state index in [1.807, 2.05) is 66.7 Å². The second kappa shape index (κ2) is 22.4. The van der Waals surface area contributed by atoms with Gasteiger partial charge in [-0.15, -0.1) is 0 Å². The molecule has 0 radical (unpaired) electrons. The third-order valence-corrected chi connectivity index (χ3v) is 10.4. The molecule has 0 aliphatic heterocycles. The monoisotopic (exact) mass is 951 g/mol. The van der Waals surface area contributed by atoms with Crippen molar-refractivity contribution in [3.8, 4) is 0 Å². The maximum Gasteiger partial charge on any atom is 0.419 e. The van der Waals surface area contributed by atoms with Gasteiger partial charge in [0.15, 0.2) is 0 Å². The number of hydrogen-bond acceptors (Lipinski definition) is 10.